The van der Waals surface area contributed by atoms with Gasteiger partial charge in [-0.25, -0.2) is 0 Å². The van der Waals surface area contributed by atoms with Crippen molar-refractivity contribution in [1.82, 2.24) is 24.9 Å². The van der Waals surface area contributed by atoms with E-state index < -0.39 is 0 Å². The predicted molar refractivity (Wildman–Crippen MR) is 134 cm³/mol. The van der Waals surface area contributed by atoms with Crippen molar-refractivity contribution < 1.29 is 0 Å². The summed E-state index contributed by atoms with van der Waals surface area (Å²) in [5.74, 6) is 0.873. The first-order valence-corrected chi connectivity index (χ1v) is 12.6. The van der Waals surface area contributed by atoms with Gasteiger partial charge in [-0.2, -0.15) is 5.10 Å². The highest BCUT2D eigenvalue weighted by Gasteiger charge is 2.25. The molecule has 0 saturated carbocycles. The van der Waals surface area contributed by atoms with Gasteiger partial charge in [0.15, 0.2) is 0 Å². The summed E-state index contributed by atoms with van der Waals surface area (Å²) in [6.45, 7) is 9.75. The molecule has 0 unspecified atom stereocenters. The largest absolute Gasteiger partial charge is 0.304 e. The Hall–Kier alpha value is -2.47. The van der Waals surface area contributed by atoms with Gasteiger partial charge < -0.3 is 9.80 Å². The van der Waals surface area contributed by atoms with Crippen LogP contribution in [-0.4, -0.2) is 77.8 Å². The zero-order valence-corrected chi connectivity index (χ0v) is 19.8. The zero-order chi connectivity index (χ0) is 22.2. The number of piperidine rings is 1. The molecule has 3 aromatic rings. The van der Waals surface area contributed by atoms with Crippen molar-refractivity contribution >= 4 is 0 Å². The predicted octanol–water partition coefficient (Wildman–Crippen LogP) is 4.11. The molecule has 6 rings (SSSR count). The molecule has 0 radical (unpaired) electrons. The quantitative estimate of drug-likeness (QED) is 0.506. The molecule has 0 atom stereocenters. The fourth-order valence-corrected chi connectivity index (χ4v) is 5.86. The number of nitrogens with one attached hydrogen (secondary N) is 1. The molecule has 2 saturated heterocycles. The molecule has 1 aromatic heterocycles. The van der Waals surface area contributed by atoms with E-state index in [0.717, 1.165) is 24.6 Å². The van der Waals surface area contributed by atoms with Crippen LogP contribution in [0.4, 0.5) is 0 Å². The summed E-state index contributed by atoms with van der Waals surface area (Å²) in [5, 5.41) is 7.96. The van der Waals surface area contributed by atoms with Crippen molar-refractivity contribution in [2.24, 2.45) is 5.92 Å². The first kappa shape index (κ1) is 21.1. The molecule has 0 amide bonds. The van der Waals surface area contributed by atoms with Gasteiger partial charge in [0.05, 0.1) is 11.4 Å². The maximum absolute atomic E-state index is 4.67. The Balaban J connectivity index is 1.04. The summed E-state index contributed by atoms with van der Waals surface area (Å²) in [6.07, 6.45) is 3.65. The molecule has 0 bridgehead atoms. The average Bonchev–Trinajstić information content (AvgIpc) is 3.42. The van der Waals surface area contributed by atoms with Gasteiger partial charge in [0.25, 0.3) is 0 Å². The molecule has 1 N–H and O–H groups in total. The van der Waals surface area contributed by atoms with Crippen molar-refractivity contribution in [3.63, 3.8) is 0 Å². The maximum atomic E-state index is 4.67. The Morgan fingerprint density at radius 1 is 0.879 bits per heavy atom. The monoisotopic (exact) mass is 441 g/mol. The lowest BCUT2D eigenvalue weighted by molar-refractivity contribution is 0.104. The summed E-state index contributed by atoms with van der Waals surface area (Å²) in [5.41, 5.74) is 8.98. The van der Waals surface area contributed by atoms with Crippen LogP contribution in [-0.2, 0) is 13.0 Å². The summed E-state index contributed by atoms with van der Waals surface area (Å²) >= 11 is 0. The number of likely N-dealkylation sites (N-methyl/N-ethyl adjacent to an activating group) is 1. The number of fused-ring (bicyclic) bond motifs is 3. The van der Waals surface area contributed by atoms with E-state index in [1.807, 2.05) is 0 Å². The number of likely N-dealkylation sites (tertiary alicyclic amines) is 1. The molecule has 33 heavy (non-hydrogen) atoms. The van der Waals surface area contributed by atoms with Crippen LogP contribution in [0.25, 0.3) is 22.5 Å². The minimum atomic E-state index is 0.873. The number of hydrogen-bond donors (Lipinski definition) is 1. The molecule has 3 aliphatic rings. The van der Waals surface area contributed by atoms with Gasteiger partial charge in [0.2, 0.25) is 0 Å². The van der Waals surface area contributed by atoms with Gasteiger partial charge in [-0.15, -0.1) is 0 Å². The van der Waals surface area contributed by atoms with E-state index in [4.69, 9.17) is 0 Å². The molecule has 1 aliphatic carbocycles. The van der Waals surface area contributed by atoms with E-state index in [9.17, 15) is 0 Å². The van der Waals surface area contributed by atoms with E-state index in [1.165, 1.54) is 92.2 Å². The van der Waals surface area contributed by atoms with Crippen molar-refractivity contribution in [3.8, 4) is 22.5 Å². The minimum Gasteiger partial charge on any atom is -0.304 e. The fraction of sp³-hybridized carbons (Fsp3) is 0.464. The molecule has 3 heterocycles. The molecule has 5 nitrogen and oxygen atoms in total. The number of H-pyrrole nitrogens is 1. The molecule has 2 aromatic carbocycles. The van der Waals surface area contributed by atoms with Crippen LogP contribution >= 0.6 is 0 Å². The van der Waals surface area contributed by atoms with Gasteiger partial charge in [-0.3, -0.25) is 10.00 Å². The Labute approximate surface area is 197 Å². The number of piperazine rings is 1. The lowest BCUT2D eigenvalue weighted by Gasteiger charge is -2.38. The third kappa shape index (κ3) is 4.37. The first-order chi connectivity index (χ1) is 16.2. The van der Waals surface area contributed by atoms with Crippen molar-refractivity contribution in [2.45, 2.75) is 25.8 Å². The Morgan fingerprint density at radius 3 is 2.42 bits per heavy atom. The summed E-state index contributed by atoms with van der Waals surface area (Å²) in [6, 6.07) is 17.8. The van der Waals surface area contributed by atoms with Crippen LogP contribution < -0.4 is 0 Å². The van der Waals surface area contributed by atoms with Crippen molar-refractivity contribution in [1.29, 1.82) is 0 Å². The van der Waals surface area contributed by atoms with Gasteiger partial charge in [0, 0.05) is 62.4 Å². The van der Waals surface area contributed by atoms with E-state index in [1.54, 1.807) is 0 Å². The smallest absolute Gasteiger partial charge is 0.0962 e. The number of aromatic nitrogens is 2. The lowest BCUT2D eigenvalue weighted by Crippen LogP contribution is -2.47. The molecular formula is C28H35N5. The summed E-state index contributed by atoms with van der Waals surface area (Å²) in [7, 11) is 2.24. The Bertz CT molecular complexity index is 1090. The van der Waals surface area contributed by atoms with E-state index in [-0.39, 0.29) is 0 Å². The SMILES string of the molecule is CN1CCN(CC2CCN(Cc3ccc(-c4n[nH]c5c4Cc4ccccc4-5)cc3)CC2)CC1. The average molecular weight is 442 g/mol. The van der Waals surface area contributed by atoms with Crippen molar-refractivity contribution in [3.05, 3.63) is 65.2 Å². The Morgan fingerprint density at radius 2 is 1.64 bits per heavy atom. The second kappa shape index (κ2) is 9.05. The number of nitrogens with zero attached hydrogens (tertiary/aromatic N) is 4. The van der Waals surface area contributed by atoms with E-state index in [0.29, 0.717) is 0 Å². The highest BCUT2D eigenvalue weighted by molar-refractivity contribution is 5.80. The van der Waals surface area contributed by atoms with Crippen LogP contribution in [0.3, 0.4) is 0 Å². The van der Waals surface area contributed by atoms with Gasteiger partial charge >= 0.3 is 0 Å². The van der Waals surface area contributed by atoms with Gasteiger partial charge in [-0.1, -0.05) is 48.5 Å². The lowest BCUT2D eigenvalue weighted by atomic mass is 9.95. The minimum absolute atomic E-state index is 0.873. The van der Waals surface area contributed by atoms with E-state index >= 15 is 0 Å². The summed E-state index contributed by atoms with van der Waals surface area (Å²) in [4.78, 5) is 7.77. The molecular weight excluding hydrogens is 406 g/mol. The first-order valence-electron chi connectivity index (χ1n) is 12.6. The molecule has 2 aliphatic heterocycles. The van der Waals surface area contributed by atoms with E-state index in [2.05, 4.69) is 80.5 Å². The highest BCUT2D eigenvalue weighted by Crippen LogP contribution is 2.39. The molecule has 172 valence electrons. The third-order valence-electron chi connectivity index (χ3n) is 7.97. The summed E-state index contributed by atoms with van der Waals surface area (Å²) < 4.78 is 0. The van der Waals surface area contributed by atoms with Crippen LogP contribution in [0.1, 0.15) is 29.5 Å². The second-order valence-electron chi connectivity index (χ2n) is 10.3. The molecule has 2 fully saturated rings. The Kier molecular flexibility index (Phi) is 5.78. The van der Waals surface area contributed by atoms with Crippen molar-refractivity contribution in [2.75, 3.05) is 52.9 Å². The van der Waals surface area contributed by atoms with Crippen LogP contribution in [0.5, 0.6) is 0 Å². The normalized spacial score (nSPS) is 20.2. The van der Waals surface area contributed by atoms with Crippen LogP contribution in [0, 0.1) is 5.92 Å². The topological polar surface area (TPSA) is 38.4 Å². The number of hydrogen-bond acceptors (Lipinski definition) is 4. The van der Waals surface area contributed by atoms with Crippen LogP contribution in [0.2, 0.25) is 0 Å². The molecule has 0 spiro atoms. The standard InChI is InChI=1S/C28H35N5/c1-31-14-16-33(17-15-31)20-22-10-12-32(13-11-22)19-21-6-8-23(9-7-21)27-26-18-24-4-2-3-5-25(24)28(26)30-29-27/h2-9,22H,10-20H2,1H3,(H,29,30). The van der Waals surface area contributed by atoms with Crippen LogP contribution in [0.15, 0.2) is 48.5 Å². The molecule has 5 heteroatoms. The van der Waals surface area contributed by atoms with Gasteiger partial charge in [-0.05, 0) is 50.0 Å². The van der Waals surface area contributed by atoms with Gasteiger partial charge in [0.1, 0.15) is 0 Å². The third-order valence-corrected chi connectivity index (χ3v) is 7.97. The fourth-order valence-electron chi connectivity index (χ4n) is 5.86. The highest BCUT2D eigenvalue weighted by atomic mass is 15.2. The maximum Gasteiger partial charge on any atom is 0.0962 e. The second-order valence-corrected chi connectivity index (χ2v) is 10.3. The number of rotatable bonds is 5. The zero-order valence-electron chi connectivity index (χ0n) is 19.8. The number of aromatic amines is 1. The number of benzene rings is 2.